The molecule has 2 aliphatic rings. The van der Waals surface area contributed by atoms with Gasteiger partial charge in [0.1, 0.15) is 24.0 Å². The van der Waals surface area contributed by atoms with Crippen molar-refractivity contribution in [3.8, 4) is 5.75 Å². The maximum Gasteiger partial charge on any atom is 0.410 e. The first-order valence-corrected chi connectivity index (χ1v) is 15.0. The maximum atomic E-state index is 14.1. The SMILES string of the molecule is COc1ccccc1CN1C[C@@H]2CN(C(=O)OCc3ccccc3)CCN2[C@H](C(c2ccc(F)cc2)c2ccc(F)cc2)C1. The van der Waals surface area contributed by atoms with Gasteiger partial charge < -0.3 is 14.4 Å². The van der Waals surface area contributed by atoms with Crippen molar-refractivity contribution in [1.82, 2.24) is 14.7 Å². The monoisotopic (exact) mass is 597 g/mol. The molecule has 8 heteroatoms. The van der Waals surface area contributed by atoms with Crippen molar-refractivity contribution in [1.29, 1.82) is 0 Å². The average Bonchev–Trinajstić information content (AvgIpc) is 3.06. The van der Waals surface area contributed by atoms with Crippen molar-refractivity contribution in [3.05, 3.63) is 137 Å². The number of hydrogen-bond acceptors (Lipinski definition) is 5. The van der Waals surface area contributed by atoms with Crippen LogP contribution in [0.1, 0.15) is 28.2 Å². The molecule has 0 N–H and O–H groups in total. The summed E-state index contributed by atoms with van der Waals surface area (Å²) in [7, 11) is 1.68. The van der Waals surface area contributed by atoms with Crippen molar-refractivity contribution in [2.75, 3.05) is 39.8 Å². The van der Waals surface area contributed by atoms with E-state index in [1.807, 2.05) is 72.8 Å². The second-order valence-corrected chi connectivity index (χ2v) is 11.5. The number of rotatable bonds is 8. The van der Waals surface area contributed by atoms with Crippen LogP contribution in [0.2, 0.25) is 0 Å². The molecule has 2 aliphatic heterocycles. The molecule has 4 aromatic rings. The lowest BCUT2D eigenvalue weighted by molar-refractivity contribution is -0.0334. The van der Waals surface area contributed by atoms with Gasteiger partial charge in [-0.3, -0.25) is 9.80 Å². The Morgan fingerprint density at radius 2 is 1.43 bits per heavy atom. The van der Waals surface area contributed by atoms with E-state index in [1.54, 1.807) is 12.0 Å². The van der Waals surface area contributed by atoms with E-state index in [4.69, 9.17) is 9.47 Å². The molecular formula is C36H37F2N3O3. The Hall–Kier alpha value is -4.27. The van der Waals surface area contributed by atoms with E-state index in [0.717, 1.165) is 41.1 Å². The van der Waals surface area contributed by atoms with Gasteiger partial charge in [0, 0.05) is 62.8 Å². The fraction of sp³-hybridized carbons (Fsp3) is 0.306. The number of carbonyl (C=O) groups excluding carboxylic acids is 1. The van der Waals surface area contributed by atoms with Crippen molar-refractivity contribution in [2.24, 2.45) is 0 Å². The zero-order valence-corrected chi connectivity index (χ0v) is 24.8. The summed E-state index contributed by atoms with van der Waals surface area (Å²) in [6, 6.07) is 31.0. The summed E-state index contributed by atoms with van der Waals surface area (Å²) < 4.78 is 39.5. The van der Waals surface area contributed by atoms with Crippen molar-refractivity contribution < 1.29 is 23.0 Å². The minimum atomic E-state index is -0.319. The smallest absolute Gasteiger partial charge is 0.410 e. The molecule has 0 radical (unpaired) electrons. The Kier molecular flexibility index (Phi) is 9.19. The number of methoxy groups -OCH3 is 1. The number of halogens is 2. The third-order valence-electron chi connectivity index (χ3n) is 8.76. The van der Waals surface area contributed by atoms with Crippen LogP contribution in [-0.2, 0) is 17.9 Å². The minimum Gasteiger partial charge on any atom is -0.496 e. The molecule has 2 atom stereocenters. The average molecular weight is 598 g/mol. The fourth-order valence-corrected chi connectivity index (χ4v) is 6.66. The molecule has 6 nitrogen and oxygen atoms in total. The van der Waals surface area contributed by atoms with Crippen molar-refractivity contribution in [2.45, 2.75) is 31.2 Å². The molecular weight excluding hydrogens is 560 g/mol. The zero-order valence-electron chi connectivity index (χ0n) is 24.8. The topological polar surface area (TPSA) is 45.3 Å². The highest BCUT2D eigenvalue weighted by molar-refractivity contribution is 5.68. The van der Waals surface area contributed by atoms with Gasteiger partial charge in [-0.1, -0.05) is 72.8 Å². The Morgan fingerprint density at radius 1 is 0.795 bits per heavy atom. The predicted octanol–water partition coefficient (Wildman–Crippen LogP) is 6.31. The maximum absolute atomic E-state index is 14.1. The number of carbonyl (C=O) groups is 1. The first-order valence-electron chi connectivity index (χ1n) is 15.0. The predicted molar refractivity (Wildman–Crippen MR) is 165 cm³/mol. The molecule has 1 amide bonds. The highest BCUT2D eigenvalue weighted by Crippen LogP contribution is 2.37. The Balaban J connectivity index is 1.30. The van der Waals surface area contributed by atoms with Crippen LogP contribution in [0.25, 0.3) is 0 Å². The van der Waals surface area contributed by atoms with E-state index in [2.05, 4.69) is 15.9 Å². The molecule has 2 saturated heterocycles. The second-order valence-electron chi connectivity index (χ2n) is 11.5. The summed E-state index contributed by atoms with van der Waals surface area (Å²) >= 11 is 0. The van der Waals surface area contributed by atoms with E-state index < -0.39 is 0 Å². The molecule has 0 unspecified atom stereocenters. The standard InChI is InChI=1S/C36H37F2N3O3/c1-43-34-10-6-5-9-29(34)21-39-22-32-23-40(36(42)44-25-26-7-3-2-4-8-26)19-20-41(32)33(24-39)35(27-11-15-30(37)16-12-27)28-13-17-31(38)18-14-28/h2-18,32-33,35H,19-25H2,1H3/t32-,33+/m1/s1. The highest BCUT2D eigenvalue weighted by Gasteiger charge is 2.43. The number of fused-ring (bicyclic) bond motifs is 1. The van der Waals surface area contributed by atoms with E-state index >= 15 is 0 Å². The molecule has 2 fully saturated rings. The molecule has 2 heterocycles. The first kappa shape index (κ1) is 29.8. The number of piperazine rings is 2. The van der Waals surface area contributed by atoms with Gasteiger partial charge in [0.2, 0.25) is 0 Å². The van der Waals surface area contributed by atoms with Gasteiger partial charge in [0.25, 0.3) is 0 Å². The van der Waals surface area contributed by atoms with Gasteiger partial charge in [-0.15, -0.1) is 0 Å². The summed E-state index contributed by atoms with van der Waals surface area (Å²) in [6.45, 7) is 4.09. The van der Waals surface area contributed by atoms with Crippen LogP contribution >= 0.6 is 0 Å². The van der Waals surface area contributed by atoms with Gasteiger partial charge in [-0.2, -0.15) is 0 Å². The summed E-state index contributed by atoms with van der Waals surface area (Å²) in [5.41, 5.74) is 3.95. The lowest BCUT2D eigenvalue weighted by Crippen LogP contribution is -2.67. The second kappa shape index (κ2) is 13.6. The number of para-hydroxylation sites is 1. The molecule has 0 saturated carbocycles. The van der Waals surface area contributed by atoms with Crippen molar-refractivity contribution >= 4 is 6.09 Å². The van der Waals surface area contributed by atoms with Gasteiger partial charge >= 0.3 is 6.09 Å². The van der Waals surface area contributed by atoms with Crippen LogP contribution in [0.3, 0.4) is 0 Å². The van der Waals surface area contributed by atoms with E-state index in [9.17, 15) is 13.6 Å². The van der Waals surface area contributed by atoms with Crippen LogP contribution in [0.4, 0.5) is 13.6 Å². The summed E-state index contributed by atoms with van der Waals surface area (Å²) in [4.78, 5) is 19.9. The highest BCUT2D eigenvalue weighted by atomic mass is 19.1. The third-order valence-corrected chi connectivity index (χ3v) is 8.76. The fourth-order valence-electron chi connectivity index (χ4n) is 6.66. The number of nitrogens with zero attached hydrogens (tertiary/aromatic N) is 3. The van der Waals surface area contributed by atoms with Crippen molar-refractivity contribution in [3.63, 3.8) is 0 Å². The lowest BCUT2D eigenvalue weighted by atomic mass is 9.81. The van der Waals surface area contributed by atoms with Crippen LogP contribution < -0.4 is 4.74 Å². The van der Waals surface area contributed by atoms with Crippen LogP contribution in [0.5, 0.6) is 5.75 Å². The summed E-state index contributed by atoms with van der Waals surface area (Å²) in [5, 5.41) is 0. The van der Waals surface area contributed by atoms with Gasteiger partial charge in [0.05, 0.1) is 7.11 Å². The molecule has 228 valence electrons. The van der Waals surface area contributed by atoms with Crippen LogP contribution in [0, 0.1) is 11.6 Å². The molecule has 44 heavy (non-hydrogen) atoms. The van der Waals surface area contributed by atoms with Crippen LogP contribution in [-0.4, -0.2) is 72.7 Å². The third kappa shape index (κ3) is 6.77. The van der Waals surface area contributed by atoms with Gasteiger partial charge in [-0.05, 0) is 47.0 Å². The van der Waals surface area contributed by atoms with E-state index in [1.165, 1.54) is 24.3 Å². The first-order chi connectivity index (χ1) is 21.5. The van der Waals surface area contributed by atoms with Crippen LogP contribution in [0.15, 0.2) is 103 Å². The molecule has 0 spiro atoms. The summed E-state index contributed by atoms with van der Waals surface area (Å²) in [6.07, 6.45) is -0.319. The van der Waals surface area contributed by atoms with Gasteiger partial charge in [0.15, 0.2) is 0 Å². The zero-order chi connectivity index (χ0) is 30.5. The lowest BCUT2D eigenvalue weighted by Gasteiger charge is -2.53. The van der Waals surface area contributed by atoms with E-state index in [-0.39, 0.29) is 42.3 Å². The number of ether oxygens (including phenoxy) is 2. The van der Waals surface area contributed by atoms with Gasteiger partial charge in [-0.25, -0.2) is 13.6 Å². The molecule has 0 aromatic heterocycles. The molecule has 4 aromatic carbocycles. The normalized spacial score (nSPS) is 19.0. The number of benzene rings is 4. The number of amides is 1. The number of hydrogen-bond donors (Lipinski definition) is 0. The molecule has 0 aliphatic carbocycles. The molecule has 6 rings (SSSR count). The Morgan fingerprint density at radius 3 is 2.09 bits per heavy atom. The Bertz CT molecular complexity index is 1490. The quantitative estimate of drug-likeness (QED) is 0.238. The molecule has 0 bridgehead atoms. The largest absolute Gasteiger partial charge is 0.496 e. The summed E-state index contributed by atoms with van der Waals surface area (Å²) in [5.74, 6) is 0.0905. The Labute approximate surface area is 257 Å². The minimum absolute atomic E-state index is 0.0122. The van der Waals surface area contributed by atoms with E-state index in [0.29, 0.717) is 26.2 Å².